The Bertz CT molecular complexity index is 863. The molecule has 3 aromatic rings. The molecule has 0 atom stereocenters. The standard InChI is InChI=1S/C20H20FN3OS/c1-14-18(11-15-7-9-17(21)10-8-15)26-19(24-14)13-23-20(25)22-12-16-5-3-2-4-6-16/h2-10H,11-13H2,1H3,(H2,22,23,25). The molecule has 2 amide bonds. The normalized spacial score (nSPS) is 10.5. The van der Waals surface area contributed by atoms with Gasteiger partial charge in [-0.25, -0.2) is 14.2 Å². The van der Waals surface area contributed by atoms with Gasteiger partial charge in [-0.15, -0.1) is 11.3 Å². The number of carbonyl (C=O) groups excluding carboxylic acids is 1. The molecule has 0 aliphatic carbocycles. The molecule has 2 N–H and O–H groups in total. The predicted octanol–water partition coefficient (Wildman–Crippen LogP) is 4.18. The molecule has 0 saturated carbocycles. The molecule has 4 nitrogen and oxygen atoms in total. The molecule has 0 radical (unpaired) electrons. The van der Waals surface area contributed by atoms with Crippen LogP contribution in [0.15, 0.2) is 54.6 Å². The van der Waals surface area contributed by atoms with Crippen LogP contribution in [0.2, 0.25) is 0 Å². The van der Waals surface area contributed by atoms with E-state index in [0.717, 1.165) is 26.7 Å². The van der Waals surface area contributed by atoms with Gasteiger partial charge in [0.05, 0.1) is 12.2 Å². The summed E-state index contributed by atoms with van der Waals surface area (Å²) in [5.74, 6) is -0.235. The van der Waals surface area contributed by atoms with Crippen LogP contribution in [-0.4, -0.2) is 11.0 Å². The van der Waals surface area contributed by atoms with E-state index in [1.54, 1.807) is 23.5 Å². The average Bonchev–Trinajstić information content (AvgIpc) is 3.00. The van der Waals surface area contributed by atoms with Gasteiger partial charge in [0.1, 0.15) is 10.8 Å². The molecule has 0 spiro atoms. The molecule has 3 rings (SSSR count). The molecule has 2 aromatic carbocycles. The summed E-state index contributed by atoms with van der Waals surface area (Å²) in [6.45, 7) is 2.82. The van der Waals surface area contributed by atoms with Crippen LogP contribution in [0.25, 0.3) is 0 Å². The molecule has 0 unspecified atom stereocenters. The SMILES string of the molecule is Cc1nc(CNC(=O)NCc2ccccc2)sc1Cc1ccc(F)cc1. The number of nitrogens with zero attached hydrogens (tertiary/aromatic N) is 1. The highest BCUT2D eigenvalue weighted by molar-refractivity contribution is 7.11. The molecule has 0 bridgehead atoms. The van der Waals surface area contributed by atoms with Gasteiger partial charge in [-0.1, -0.05) is 42.5 Å². The van der Waals surface area contributed by atoms with E-state index in [0.29, 0.717) is 19.5 Å². The Morgan fingerprint density at radius 3 is 2.42 bits per heavy atom. The van der Waals surface area contributed by atoms with Gasteiger partial charge >= 0.3 is 6.03 Å². The minimum absolute atomic E-state index is 0.221. The number of thiazole rings is 1. The number of nitrogens with one attached hydrogen (secondary N) is 2. The number of aromatic nitrogens is 1. The van der Waals surface area contributed by atoms with Crippen molar-refractivity contribution in [3.63, 3.8) is 0 Å². The molecule has 1 aromatic heterocycles. The summed E-state index contributed by atoms with van der Waals surface area (Å²) in [7, 11) is 0. The maximum Gasteiger partial charge on any atom is 0.315 e. The molecule has 0 aliphatic rings. The fourth-order valence-electron chi connectivity index (χ4n) is 2.51. The maximum atomic E-state index is 13.0. The van der Waals surface area contributed by atoms with Crippen LogP contribution in [-0.2, 0) is 19.5 Å². The lowest BCUT2D eigenvalue weighted by Gasteiger charge is -2.06. The topological polar surface area (TPSA) is 54.0 Å². The van der Waals surface area contributed by atoms with E-state index in [9.17, 15) is 9.18 Å². The van der Waals surface area contributed by atoms with Crippen molar-refractivity contribution in [2.75, 3.05) is 0 Å². The number of rotatable bonds is 6. The van der Waals surface area contributed by atoms with E-state index in [2.05, 4.69) is 15.6 Å². The summed E-state index contributed by atoms with van der Waals surface area (Å²) in [4.78, 5) is 17.6. The number of hydrogen-bond acceptors (Lipinski definition) is 3. The zero-order valence-corrected chi connectivity index (χ0v) is 15.3. The largest absolute Gasteiger partial charge is 0.334 e. The average molecular weight is 369 g/mol. The van der Waals surface area contributed by atoms with Crippen molar-refractivity contribution in [2.45, 2.75) is 26.4 Å². The number of hydrogen-bond donors (Lipinski definition) is 2. The number of amides is 2. The second-order valence-electron chi connectivity index (χ2n) is 5.94. The maximum absolute atomic E-state index is 13.0. The molecule has 0 fully saturated rings. The zero-order valence-electron chi connectivity index (χ0n) is 14.5. The van der Waals surface area contributed by atoms with Crippen molar-refractivity contribution in [3.8, 4) is 0 Å². The quantitative estimate of drug-likeness (QED) is 0.685. The summed E-state index contributed by atoms with van der Waals surface area (Å²) in [5, 5.41) is 6.51. The Morgan fingerprint density at radius 1 is 1.00 bits per heavy atom. The summed E-state index contributed by atoms with van der Waals surface area (Å²) in [6, 6.07) is 16.0. The Balaban J connectivity index is 1.50. The lowest BCUT2D eigenvalue weighted by molar-refractivity contribution is 0.240. The van der Waals surface area contributed by atoms with Gasteiger partial charge in [0.15, 0.2) is 0 Å². The molecule has 1 heterocycles. The van der Waals surface area contributed by atoms with Crippen LogP contribution < -0.4 is 10.6 Å². The van der Waals surface area contributed by atoms with Crippen LogP contribution in [0, 0.1) is 12.7 Å². The monoisotopic (exact) mass is 369 g/mol. The second kappa shape index (κ2) is 8.58. The summed E-state index contributed by atoms with van der Waals surface area (Å²) in [5.41, 5.74) is 3.04. The third-order valence-electron chi connectivity index (χ3n) is 3.91. The molecule has 6 heteroatoms. The second-order valence-corrected chi connectivity index (χ2v) is 7.11. The highest BCUT2D eigenvalue weighted by atomic mass is 32.1. The Morgan fingerprint density at radius 2 is 1.69 bits per heavy atom. The molecule has 26 heavy (non-hydrogen) atoms. The highest BCUT2D eigenvalue weighted by Crippen LogP contribution is 2.21. The number of halogens is 1. The first kappa shape index (κ1) is 18.1. The van der Waals surface area contributed by atoms with Crippen molar-refractivity contribution in [2.24, 2.45) is 0 Å². The van der Waals surface area contributed by atoms with E-state index in [4.69, 9.17) is 0 Å². The van der Waals surface area contributed by atoms with Crippen LogP contribution in [0.3, 0.4) is 0 Å². The van der Waals surface area contributed by atoms with Gasteiger partial charge in [-0.05, 0) is 30.2 Å². The van der Waals surface area contributed by atoms with E-state index in [1.165, 1.54) is 12.1 Å². The summed E-state index contributed by atoms with van der Waals surface area (Å²) < 4.78 is 13.0. The minimum atomic E-state index is -0.235. The van der Waals surface area contributed by atoms with Gasteiger partial charge in [-0.2, -0.15) is 0 Å². The van der Waals surface area contributed by atoms with Crippen molar-refractivity contribution < 1.29 is 9.18 Å². The Hall–Kier alpha value is -2.73. The lowest BCUT2D eigenvalue weighted by atomic mass is 10.1. The smallest absolute Gasteiger partial charge is 0.315 e. The Labute approximate surface area is 156 Å². The van der Waals surface area contributed by atoms with Crippen molar-refractivity contribution in [3.05, 3.63) is 87.1 Å². The number of urea groups is 1. The van der Waals surface area contributed by atoms with E-state index < -0.39 is 0 Å². The third kappa shape index (κ3) is 5.13. The van der Waals surface area contributed by atoms with Gasteiger partial charge in [0.25, 0.3) is 0 Å². The minimum Gasteiger partial charge on any atom is -0.334 e. The third-order valence-corrected chi connectivity index (χ3v) is 5.07. The number of benzene rings is 2. The molecular weight excluding hydrogens is 349 g/mol. The van der Waals surface area contributed by atoms with Crippen LogP contribution in [0.4, 0.5) is 9.18 Å². The number of aryl methyl sites for hydroxylation is 1. The first-order valence-corrected chi connectivity index (χ1v) is 9.17. The van der Waals surface area contributed by atoms with Crippen molar-refractivity contribution >= 4 is 17.4 Å². The Kier molecular flexibility index (Phi) is 5.96. The van der Waals surface area contributed by atoms with Crippen LogP contribution in [0.1, 0.15) is 26.7 Å². The van der Waals surface area contributed by atoms with E-state index in [-0.39, 0.29) is 11.8 Å². The van der Waals surface area contributed by atoms with Gasteiger partial charge in [0, 0.05) is 17.8 Å². The fraction of sp³-hybridized carbons (Fsp3) is 0.200. The highest BCUT2D eigenvalue weighted by Gasteiger charge is 2.10. The van der Waals surface area contributed by atoms with Crippen molar-refractivity contribution in [1.29, 1.82) is 0 Å². The number of carbonyl (C=O) groups is 1. The van der Waals surface area contributed by atoms with Gasteiger partial charge in [0.2, 0.25) is 0 Å². The lowest BCUT2D eigenvalue weighted by Crippen LogP contribution is -2.34. The van der Waals surface area contributed by atoms with Gasteiger partial charge < -0.3 is 10.6 Å². The summed E-state index contributed by atoms with van der Waals surface area (Å²) >= 11 is 1.57. The first-order chi connectivity index (χ1) is 12.6. The van der Waals surface area contributed by atoms with E-state index in [1.807, 2.05) is 37.3 Å². The van der Waals surface area contributed by atoms with E-state index >= 15 is 0 Å². The molecular formula is C20H20FN3OS. The summed E-state index contributed by atoms with van der Waals surface area (Å²) in [6.07, 6.45) is 0.712. The first-order valence-electron chi connectivity index (χ1n) is 8.35. The molecule has 134 valence electrons. The van der Waals surface area contributed by atoms with Crippen LogP contribution in [0.5, 0.6) is 0 Å². The van der Waals surface area contributed by atoms with Crippen molar-refractivity contribution in [1.82, 2.24) is 15.6 Å². The fourth-order valence-corrected chi connectivity index (χ4v) is 3.56. The molecule has 0 aliphatic heterocycles. The van der Waals surface area contributed by atoms with Crippen LogP contribution >= 0.6 is 11.3 Å². The predicted molar refractivity (Wildman–Crippen MR) is 102 cm³/mol. The van der Waals surface area contributed by atoms with Gasteiger partial charge in [-0.3, -0.25) is 0 Å². The molecule has 0 saturated heterocycles. The zero-order chi connectivity index (χ0) is 18.4.